The van der Waals surface area contributed by atoms with Gasteiger partial charge in [-0.25, -0.2) is 4.98 Å². The molecule has 1 amide bonds. The molecule has 2 rings (SSSR count). The van der Waals surface area contributed by atoms with Crippen LogP contribution in [0.5, 0.6) is 0 Å². The number of nitrogens with one attached hydrogen (secondary N) is 3. The first kappa shape index (κ1) is 12.2. The fourth-order valence-electron chi connectivity index (χ4n) is 1.68. The Balaban J connectivity index is 2.02. The van der Waals surface area contributed by atoms with E-state index < -0.39 is 0 Å². The van der Waals surface area contributed by atoms with Gasteiger partial charge in [-0.15, -0.1) is 0 Å². The van der Waals surface area contributed by atoms with Crippen molar-refractivity contribution in [3.05, 3.63) is 42.0 Å². The number of rotatable bonds is 4. The Morgan fingerprint density at radius 1 is 1.44 bits per heavy atom. The zero-order chi connectivity index (χ0) is 13.0. The summed E-state index contributed by atoms with van der Waals surface area (Å²) in [4.78, 5) is 18.2. The number of carbonyl (C=O) groups excluding carboxylic acids is 1. The molecule has 2 aromatic rings. The Kier molecular flexibility index (Phi) is 3.62. The molecule has 0 aliphatic carbocycles. The van der Waals surface area contributed by atoms with Crippen LogP contribution in [0.2, 0.25) is 0 Å². The molecule has 1 aromatic heterocycles. The van der Waals surface area contributed by atoms with E-state index in [1.54, 1.807) is 12.4 Å². The number of H-pyrrole nitrogens is 1. The summed E-state index contributed by atoms with van der Waals surface area (Å²) >= 11 is 0. The summed E-state index contributed by atoms with van der Waals surface area (Å²) in [6.07, 6.45) is 3.52. The molecule has 0 aliphatic heterocycles. The van der Waals surface area contributed by atoms with Crippen molar-refractivity contribution in [1.82, 2.24) is 9.97 Å². The van der Waals surface area contributed by atoms with E-state index in [1.165, 1.54) is 6.92 Å². The lowest BCUT2D eigenvalue weighted by molar-refractivity contribution is -0.114. The number of aromatic amines is 1. The molecule has 0 radical (unpaired) electrons. The Bertz CT molecular complexity index is 534. The molecule has 1 heterocycles. The van der Waals surface area contributed by atoms with Gasteiger partial charge < -0.3 is 15.6 Å². The molecule has 0 atom stereocenters. The van der Waals surface area contributed by atoms with Gasteiger partial charge >= 0.3 is 0 Å². The minimum Gasteiger partial charge on any atom is -0.378 e. The summed E-state index contributed by atoms with van der Waals surface area (Å²) in [5.74, 6) is 0.827. The largest absolute Gasteiger partial charge is 0.378 e. The number of imidazole rings is 1. The van der Waals surface area contributed by atoms with Gasteiger partial charge in [-0.05, 0) is 30.7 Å². The number of hydrogen-bond acceptors (Lipinski definition) is 3. The normalized spacial score (nSPS) is 10.1. The van der Waals surface area contributed by atoms with Crippen LogP contribution in [0.4, 0.5) is 11.4 Å². The van der Waals surface area contributed by atoms with Gasteiger partial charge in [0.05, 0.1) is 6.54 Å². The first-order valence-electron chi connectivity index (χ1n) is 5.75. The molecule has 0 unspecified atom stereocenters. The first-order valence-corrected chi connectivity index (χ1v) is 5.75. The second-order valence-corrected chi connectivity index (χ2v) is 4.10. The third-order valence-corrected chi connectivity index (χ3v) is 2.55. The van der Waals surface area contributed by atoms with Crippen LogP contribution in [0.15, 0.2) is 30.6 Å². The van der Waals surface area contributed by atoms with Crippen LogP contribution in [0.1, 0.15) is 18.3 Å². The number of aryl methyl sites for hydroxylation is 1. The lowest BCUT2D eigenvalue weighted by Gasteiger charge is -2.10. The second kappa shape index (κ2) is 5.35. The summed E-state index contributed by atoms with van der Waals surface area (Å²) in [6.45, 7) is 4.11. The van der Waals surface area contributed by atoms with Gasteiger partial charge in [-0.1, -0.05) is 0 Å². The van der Waals surface area contributed by atoms with Crippen LogP contribution in [0.25, 0.3) is 0 Å². The Labute approximate surface area is 106 Å². The lowest BCUT2D eigenvalue weighted by atomic mass is 10.1. The monoisotopic (exact) mass is 244 g/mol. The van der Waals surface area contributed by atoms with Gasteiger partial charge in [0.2, 0.25) is 5.91 Å². The molecular weight excluding hydrogens is 228 g/mol. The quantitative estimate of drug-likeness (QED) is 0.772. The van der Waals surface area contributed by atoms with Gasteiger partial charge in [0.15, 0.2) is 0 Å². The van der Waals surface area contributed by atoms with E-state index in [0.29, 0.717) is 6.54 Å². The molecule has 5 nitrogen and oxygen atoms in total. The summed E-state index contributed by atoms with van der Waals surface area (Å²) in [5.41, 5.74) is 2.86. The fourth-order valence-corrected chi connectivity index (χ4v) is 1.68. The molecule has 5 heteroatoms. The van der Waals surface area contributed by atoms with E-state index in [2.05, 4.69) is 20.6 Å². The number of amides is 1. The van der Waals surface area contributed by atoms with Crippen molar-refractivity contribution in [2.24, 2.45) is 0 Å². The maximum absolute atomic E-state index is 11.0. The smallest absolute Gasteiger partial charge is 0.221 e. The SMILES string of the molecule is CC(=O)Nc1ccc(NCc2ncc[nH]2)cc1C. The molecule has 0 fully saturated rings. The van der Waals surface area contributed by atoms with Gasteiger partial charge in [0.25, 0.3) is 0 Å². The van der Waals surface area contributed by atoms with Crippen molar-refractivity contribution in [2.45, 2.75) is 20.4 Å². The van der Waals surface area contributed by atoms with Crippen LogP contribution in [0.3, 0.4) is 0 Å². The highest BCUT2D eigenvalue weighted by Gasteiger charge is 2.02. The van der Waals surface area contributed by atoms with Crippen LogP contribution < -0.4 is 10.6 Å². The number of carbonyl (C=O) groups is 1. The third-order valence-electron chi connectivity index (χ3n) is 2.55. The molecule has 0 saturated carbocycles. The Morgan fingerprint density at radius 3 is 2.89 bits per heavy atom. The summed E-state index contributed by atoms with van der Waals surface area (Å²) in [6, 6.07) is 5.82. The third kappa shape index (κ3) is 3.10. The number of nitrogens with zero attached hydrogens (tertiary/aromatic N) is 1. The number of benzene rings is 1. The number of hydrogen-bond donors (Lipinski definition) is 3. The van der Waals surface area contributed by atoms with Crippen molar-refractivity contribution in [2.75, 3.05) is 10.6 Å². The minimum absolute atomic E-state index is 0.0607. The Morgan fingerprint density at radius 2 is 2.28 bits per heavy atom. The highest BCUT2D eigenvalue weighted by atomic mass is 16.1. The van der Waals surface area contributed by atoms with E-state index in [0.717, 1.165) is 22.8 Å². The highest BCUT2D eigenvalue weighted by molar-refractivity contribution is 5.89. The highest BCUT2D eigenvalue weighted by Crippen LogP contribution is 2.19. The summed E-state index contributed by atoms with van der Waals surface area (Å²) in [7, 11) is 0. The van der Waals surface area contributed by atoms with Gasteiger partial charge in [0.1, 0.15) is 5.82 Å². The predicted octanol–water partition coefficient (Wildman–Crippen LogP) is 2.29. The summed E-state index contributed by atoms with van der Waals surface area (Å²) < 4.78 is 0. The minimum atomic E-state index is -0.0607. The number of aromatic nitrogens is 2. The predicted molar refractivity (Wildman–Crippen MR) is 71.4 cm³/mol. The lowest BCUT2D eigenvalue weighted by Crippen LogP contribution is -2.07. The van der Waals surface area contributed by atoms with E-state index >= 15 is 0 Å². The maximum atomic E-state index is 11.0. The molecule has 94 valence electrons. The molecule has 0 bridgehead atoms. The van der Waals surface area contributed by atoms with Crippen LogP contribution in [-0.4, -0.2) is 15.9 Å². The van der Waals surface area contributed by atoms with E-state index in [-0.39, 0.29) is 5.91 Å². The van der Waals surface area contributed by atoms with E-state index in [9.17, 15) is 4.79 Å². The number of anilines is 2. The zero-order valence-corrected chi connectivity index (χ0v) is 10.4. The van der Waals surface area contributed by atoms with Crippen LogP contribution in [-0.2, 0) is 11.3 Å². The molecule has 0 aliphatic rings. The second-order valence-electron chi connectivity index (χ2n) is 4.10. The van der Waals surface area contributed by atoms with Crippen molar-refractivity contribution < 1.29 is 4.79 Å². The van der Waals surface area contributed by atoms with Gasteiger partial charge in [-0.2, -0.15) is 0 Å². The Hall–Kier alpha value is -2.30. The van der Waals surface area contributed by atoms with Crippen molar-refractivity contribution in [1.29, 1.82) is 0 Å². The average molecular weight is 244 g/mol. The van der Waals surface area contributed by atoms with Crippen molar-refractivity contribution in [3.8, 4) is 0 Å². The topological polar surface area (TPSA) is 69.8 Å². The standard InChI is InChI=1S/C13H16N4O/c1-9-7-11(3-4-12(9)17-10(2)18)16-8-13-14-5-6-15-13/h3-7,16H,8H2,1-2H3,(H,14,15)(H,17,18). The first-order chi connectivity index (χ1) is 8.65. The molecule has 1 aromatic carbocycles. The fraction of sp³-hybridized carbons (Fsp3) is 0.231. The van der Waals surface area contributed by atoms with Gasteiger partial charge in [-0.3, -0.25) is 4.79 Å². The molecule has 0 spiro atoms. The van der Waals surface area contributed by atoms with E-state index in [4.69, 9.17) is 0 Å². The zero-order valence-electron chi connectivity index (χ0n) is 10.4. The van der Waals surface area contributed by atoms with Gasteiger partial charge in [0, 0.05) is 30.7 Å². The van der Waals surface area contributed by atoms with Crippen LogP contribution in [0, 0.1) is 6.92 Å². The average Bonchev–Trinajstić information content (AvgIpc) is 2.82. The maximum Gasteiger partial charge on any atom is 0.221 e. The van der Waals surface area contributed by atoms with E-state index in [1.807, 2.05) is 25.1 Å². The van der Waals surface area contributed by atoms with Crippen LogP contribution >= 0.6 is 0 Å². The van der Waals surface area contributed by atoms with Crippen molar-refractivity contribution in [3.63, 3.8) is 0 Å². The molecule has 18 heavy (non-hydrogen) atoms. The summed E-state index contributed by atoms with van der Waals surface area (Å²) in [5, 5.41) is 6.05. The van der Waals surface area contributed by atoms with Crippen molar-refractivity contribution >= 4 is 17.3 Å². The molecule has 0 saturated heterocycles. The molecular formula is C13H16N4O. The molecule has 3 N–H and O–H groups in total.